The van der Waals surface area contributed by atoms with Gasteiger partial charge in [0.2, 0.25) is 0 Å². The number of benzene rings is 3. The average Bonchev–Trinajstić information content (AvgIpc) is 2.82. The van der Waals surface area contributed by atoms with Crippen molar-refractivity contribution >= 4 is 52.5 Å². The maximum absolute atomic E-state index is 12.5. The monoisotopic (exact) mass is 509 g/mol. The van der Waals surface area contributed by atoms with Crippen molar-refractivity contribution < 1.29 is 19.1 Å². The van der Waals surface area contributed by atoms with Crippen LogP contribution in [0.2, 0.25) is 10.0 Å². The zero-order valence-corrected chi connectivity index (χ0v) is 20.4. The molecule has 3 aromatic carbocycles. The van der Waals surface area contributed by atoms with E-state index in [9.17, 15) is 14.9 Å². The number of hydrogen-bond donors (Lipinski definition) is 2. The Bertz CT molecular complexity index is 1320. The van der Waals surface area contributed by atoms with E-state index in [2.05, 4.69) is 10.6 Å². The highest BCUT2D eigenvalue weighted by atomic mass is 35.5. The van der Waals surface area contributed by atoms with Gasteiger partial charge in [-0.1, -0.05) is 35.3 Å². The minimum Gasteiger partial charge on any atom is -0.493 e. The fourth-order valence-electron chi connectivity index (χ4n) is 3.07. The van der Waals surface area contributed by atoms with Crippen molar-refractivity contribution in [1.29, 1.82) is 5.26 Å². The van der Waals surface area contributed by atoms with Gasteiger partial charge >= 0.3 is 0 Å². The van der Waals surface area contributed by atoms with Gasteiger partial charge in [-0.3, -0.25) is 9.59 Å². The number of rotatable bonds is 8. The summed E-state index contributed by atoms with van der Waals surface area (Å²) in [4.78, 5) is 24.8. The van der Waals surface area contributed by atoms with E-state index in [-0.39, 0.29) is 34.6 Å². The van der Waals surface area contributed by atoms with Gasteiger partial charge in [0.25, 0.3) is 11.8 Å². The molecule has 0 heterocycles. The average molecular weight is 510 g/mol. The summed E-state index contributed by atoms with van der Waals surface area (Å²) in [5.74, 6) is -0.571. The van der Waals surface area contributed by atoms with E-state index in [0.29, 0.717) is 22.0 Å². The second-order valence-corrected chi connectivity index (χ2v) is 8.21. The molecule has 0 fully saturated rings. The Labute approximate surface area is 212 Å². The second kappa shape index (κ2) is 11.9. The van der Waals surface area contributed by atoms with Crippen LogP contribution in [-0.4, -0.2) is 25.5 Å². The van der Waals surface area contributed by atoms with Crippen molar-refractivity contribution in [3.05, 3.63) is 87.4 Å². The van der Waals surface area contributed by atoms with Gasteiger partial charge in [-0.25, -0.2) is 0 Å². The maximum atomic E-state index is 12.5. The molecule has 2 amide bonds. The quantitative estimate of drug-likeness (QED) is 0.292. The third kappa shape index (κ3) is 7.24. The Morgan fingerprint density at radius 1 is 1.03 bits per heavy atom. The van der Waals surface area contributed by atoms with Crippen LogP contribution in [0.5, 0.6) is 11.5 Å². The molecule has 0 bridgehead atoms. The number of nitriles is 1. The van der Waals surface area contributed by atoms with Gasteiger partial charge in [0.05, 0.1) is 12.1 Å². The number of anilines is 2. The van der Waals surface area contributed by atoms with Crippen LogP contribution in [0.1, 0.15) is 11.1 Å². The highest BCUT2D eigenvalue weighted by molar-refractivity contribution is 6.32. The SMILES string of the molecule is COc1cc(/C=C(\C#N)C(=O)Nc2ccc(Cl)cc2)cc(Cl)c1OCC(=O)Nc1cccc(C)c1. The fourth-order valence-corrected chi connectivity index (χ4v) is 3.47. The number of nitrogens with zero attached hydrogens (tertiary/aromatic N) is 1. The molecule has 35 heavy (non-hydrogen) atoms. The summed E-state index contributed by atoms with van der Waals surface area (Å²) in [6.07, 6.45) is 1.37. The minimum atomic E-state index is -0.599. The van der Waals surface area contributed by atoms with Gasteiger partial charge in [-0.2, -0.15) is 5.26 Å². The number of methoxy groups -OCH3 is 1. The molecule has 0 aliphatic carbocycles. The predicted octanol–water partition coefficient (Wildman–Crippen LogP) is 5.87. The first-order chi connectivity index (χ1) is 16.8. The molecule has 2 N–H and O–H groups in total. The Morgan fingerprint density at radius 2 is 1.77 bits per heavy atom. The molecular formula is C26H21Cl2N3O4. The van der Waals surface area contributed by atoms with Gasteiger partial charge < -0.3 is 20.1 Å². The highest BCUT2D eigenvalue weighted by Gasteiger charge is 2.16. The van der Waals surface area contributed by atoms with Crippen LogP contribution in [0.25, 0.3) is 6.08 Å². The van der Waals surface area contributed by atoms with Crippen molar-refractivity contribution in [2.75, 3.05) is 24.4 Å². The van der Waals surface area contributed by atoms with Gasteiger partial charge in [0.1, 0.15) is 11.6 Å². The number of amides is 2. The lowest BCUT2D eigenvalue weighted by molar-refractivity contribution is -0.118. The van der Waals surface area contributed by atoms with Gasteiger partial charge in [-0.15, -0.1) is 0 Å². The van der Waals surface area contributed by atoms with Gasteiger partial charge in [-0.05, 0) is 72.7 Å². The lowest BCUT2D eigenvalue weighted by atomic mass is 10.1. The number of hydrogen-bond acceptors (Lipinski definition) is 5. The van der Waals surface area contributed by atoms with E-state index < -0.39 is 5.91 Å². The van der Waals surface area contributed by atoms with Crippen LogP contribution in [0.4, 0.5) is 11.4 Å². The number of carbonyl (C=O) groups excluding carboxylic acids is 2. The normalized spacial score (nSPS) is 10.8. The highest BCUT2D eigenvalue weighted by Crippen LogP contribution is 2.37. The Hall–Kier alpha value is -3.99. The summed E-state index contributed by atoms with van der Waals surface area (Å²) in [5, 5.41) is 15.5. The summed E-state index contributed by atoms with van der Waals surface area (Å²) in [6.45, 7) is 1.62. The zero-order valence-electron chi connectivity index (χ0n) is 18.9. The summed E-state index contributed by atoms with van der Waals surface area (Å²) < 4.78 is 11.0. The van der Waals surface area contributed by atoms with E-state index in [0.717, 1.165) is 5.56 Å². The smallest absolute Gasteiger partial charge is 0.266 e. The molecule has 0 radical (unpaired) electrons. The third-order valence-corrected chi connectivity index (χ3v) is 5.21. The summed E-state index contributed by atoms with van der Waals surface area (Å²) in [5.41, 5.74) is 2.44. The summed E-state index contributed by atoms with van der Waals surface area (Å²) >= 11 is 12.2. The van der Waals surface area contributed by atoms with Crippen molar-refractivity contribution in [3.8, 4) is 17.6 Å². The first-order valence-electron chi connectivity index (χ1n) is 10.3. The molecule has 0 unspecified atom stereocenters. The fraction of sp³-hybridized carbons (Fsp3) is 0.115. The van der Waals surface area contributed by atoms with Gasteiger partial charge in [0.15, 0.2) is 18.1 Å². The van der Waals surface area contributed by atoms with Crippen molar-refractivity contribution in [1.82, 2.24) is 0 Å². The van der Waals surface area contributed by atoms with E-state index in [1.165, 1.54) is 19.3 Å². The van der Waals surface area contributed by atoms with Crippen LogP contribution in [0.3, 0.4) is 0 Å². The van der Waals surface area contributed by atoms with Crippen molar-refractivity contribution in [2.45, 2.75) is 6.92 Å². The molecule has 0 saturated carbocycles. The molecule has 0 saturated heterocycles. The topological polar surface area (TPSA) is 100 Å². The van der Waals surface area contributed by atoms with Gasteiger partial charge in [0, 0.05) is 16.4 Å². The molecule has 0 aliphatic rings. The molecule has 0 atom stereocenters. The molecular weight excluding hydrogens is 489 g/mol. The molecule has 3 rings (SSSR count). The van der Waals surface area contributed by atoms with Crippen LogP contribution in [-0.2, 0) is 9.59 Å². The molecule has 0 aromatic heterocycles. The molecule has 178 valence electrons. The zero-order chi connectivity index (χ0) is 25.4. The lowest BCUT2D eigenvalue weighted by Gasteiger charge is -2.14. The van der Waals surface area contributed by atoms with Crippen LogP contribution in [0, 0.1) is 18.3 Å². The molecule has 0 spiro atoms. The second-order valence-electron chi connectivity index (χ2n) is 7.37. The standard InChI is InChI=1S/C26H21Cl2N3O4/c1-16-4-3-5-21(10-16)30-24(32)15-35-25-22(28)12-17(13-23(25)34-2)11-18(14-29)26(33)31-20-8-6-19(27)7-9-20/h3-13H,15H2,1-2H3,(H,30,32)(H,31,33)/b18-11+. The molecule has 9 heteroatoms. The van der Waals surface area contributed by atoms with Crippen molar-refractivity contribution in [2.24, 2.45) is 0 Å². The maximum Gasteiger partial charge on any atom is 0.266 e. The Morgan fingerprint density at radius 3 is 2.43 bits per heavy atom. The van der Waals surface area contributed by atoms with Crippen LogP contribution < -0.4 is 20.1 Å². The number of carbonyl (C=O) groups is 2. The van der Waals surface area contributed by atoms with Crippen LogP contribution >= 0.6 is 23.2 Å². The largest absolute Gasteiger partial charge is 0.493 e. The summed E-state index contributed by atoms with van der Waals surface area (Å²) in [6, 6.07) is 18.8. The van der Waals surface area contributed by atoms with E-state index >= 15 is 0 Å². The first-order valence-corrected chi connectivity index (χ1v) is 11.1. The van der Waals surface area contributed by atoms with E-state index in [1.54, 1.807) is 36.4 Å². The van der Waals surface area contributed by atoms with E-state index in [4.69, 9.17) is 32.7 Å². The summed E-state index contributed by atoms with van der Waals surface area (Å²) in [7, 11) is 1.41. The Balaban J connectivity index is 1.73. The van der Waals surface area contributed by atoms with Crippen molar-refractivity contribution in [3.63, 3.8) is 0 Å². The third-order valence-electron chi connectivity index (χ3n) is 4.68. The molecule has 3 aromatic rings. The lowest BCUT2D eigenvalue weighted by Crippen LogP contribution is -2.20. The van der Waals surface area contributed by atoms with Crippen LogP contribution in [0.15, 0.2) is 66.2 Å². The minimum absolute atomic E-state index is 0.148. The number of ether oxygens (including phenoxy) is 2. The first kappa shape index (κ1) is 25.6. The number of aryl methyl sites for hydroxylation is 1. The molecule has 0 aliphatic heterocycles. The Kier molecular flexibility index (Phi) is 8.74. The number of halogens is 2. The number of nitrogens with one attached hydrogen (secondary N) is 2. The van der Waals surface area contributed by atoms with E-state index in [1.807, 2.05) is 31.2 Å². The molecule has 7 nitrogen and oxygen atoms in total. The predicted molar refractivity (Wildman–Crippen MR) is 137 cm³/mol.